The molecular weight excluding hydrogens is 542 g/mol. The van der Waals surface area contributed by atoms with E-state index in [1.165, 1.54) is 0 Å². The summed E-state index contributed by atoms with van der Waals surface area (Å²) in [5.74, 6) is 0.816. The molecule has 0 radical (unpaired) electrons. The minimum atomic E-state index is -3.21. The van der Waals surface area contributed by atoms with E-state index in [1.807, 2.05) is 49.1 Å². The zero-order valence-corrected chi connectivity index (χ0v) is 24.4. The summed E-state index contributed by atoms with van der Waals surface area (Å²) in [5.41, 5.74) is 6.70. The van der Waals surface area contributed by atoms with Gasteiger partial charge < -0.3 is 24.5 Å². The van der Waals surface area contributed by atoms with Crippen LogP contribution in [-0.4, -0.2) is 94.2 Å². The van der Waals surface area contributed by atoms with Crippen molar-refractivity contribution in [1.29, 1.82) is 0 Å². The SMILES string of the molecule is CCS(=O)(=O)N1CCC(Nc2ccnc3[nH]c(-c4cc(C)n(-c5cccc(C(=O)N6CCOCC6)c5)c4C)nc23)C1. The number of aromatic amines is 1. The zero-order chi connectivity index (χ0) is 28.7. The van der Waals surface area contributed by atoms with Gasteiger partial charge in [-0.3, -0.25) is 4.79 Å². The van der Waals surface area contributed by atoms with Gasteiger partial charge in [-0.25, -0.2) is 18.4 Å². The Labute approximate surface area is 239 Å². The number of nitrogens with one attached hydrogen (secondary N) is 2. The second-order valence-electron chi connectivity index (χ2n) is 10.6. The first-order valence-electron chi connectivity index (χ1n) is 14.0. The van der Waals surface area contributed by atoms with Crippen molar-refractivity contribution in [2.45, 2.75) is 33.2 Å². The molecular formula is C29H35N7O4S. The second kappa shape index (κ2) is 10.9. The van der Waals surface area contributed by atoms with E-state index in [0.717, 1.165) is 34.7 Å². The fraction of sp³-hybridized carbons (Fsp3) is 0.414. The summed E-state index contributed by atoms with van der Waals surface area (Å²) in [4.78, 5) is 27.8. The number of benzene rings is 1. The molecule has 2 aliphatic heterocycles. The lowest BCUT2D eigenvalue weighted by molar-refractivity contribution is 0.0303. The van der Waals surface area contributed by atoms with Crippen molar-refractivity contribution in [1.82, 2.24) is 28.7 Å². The van der Waals surface area contributed by atoms with Crippen LogP contribution in [0.4, 0.5) is 5.69 Å². The number of ether oxygens (including phenoxy) is 1. The summed E-state index contributed by atoms with van der Waals surface area (Å²) in [5, 5.41) is 3.50. The molecule has 2 saturated heterocycles. The molecule has 11 nitrogen and oxygen atoms in total. The molecule has 12 heteroatoms. The Balaban J connectivity index is 1.28. The van der Waals surface area contributed by atoms with Crippen molar-refractivity contribution >= 4 is 32.8 Å². The number of aromatic nitrogens is 4. The number of anilines is 1. The summed E-state index contributed by atoms with van der Waals surface area (Å²) in [6.07, 6.45) is 2.46. The van der Waals surface area contributed by atoms with Gasteiger partial charge in [-0.1, -0.05) is 6.07 Å². The van der Waals surface area contributed by atoms with E-state index in [9.17, 15) is 13.2 Å². The lowest BCUT2D eigenvalue weighted by Crippen LogP contribution is -2.40. The molecule has 6 rings (SSSR count). The van der Waals surface area contributed by atoms with Crippen molar-refractivity contribution in [3.63, 3.8) is 0 Å². The zero-order valence-electron chi connectivity index (χ0n) is 23.6. The van der Waals surface area contributed by atoms with Gasteiger partial charge in [-0.2, -0.15) is 4.31 Å². The van der Waals surface area contributed by atoms with Gasteiger partial charge in [0.2, 0.25) is 10.0 Å². The van der Waals surface area contributed by atoms with Crippen molar-refractivity contribution in [2.75, 3.05) is 50.5 Å². The molecule has 3 aromatic heterocycles. The van der Waals surface area contributed by atoms with E-state index in [0.29, 0.717) is 61.9 Å². The van der Waals surface area contributed by atoms with Gasteiger partial charge in [0.25, 0.3) is 5.91 Å². The number of amides is 1. The molecule has 0 aliphatic carbocycles. The number of hydrogen-bond donors (Lipinski definition) is 2. The Morgan fingerprint density at radius 1 is 1.15 bits per heavy atom. The smallest absolute Gasteiger partial charge is 0.254 e. The number of H-pyrrole nitrogens is 1. The number of nitrogens with zero attached hydrogens (tertiary/aromatic N) is 5. The number of carbonyl (C=O) groups excluding carboxylic acids is 1. The molecule has 1 atom stereocenters. The van der Waals surface area contributed by atoms with Gasteiger partial charge in [0.05, 0.1) is 24.7 Å². The van der Waals surface area contributed by atoms with Gasteiger partial charge >= 0.3 is 0 Å². The van der Waals surface area contributed by atoms with Gasteiger partial charge in [0.15, 0.2) is 5.65 Å². The number of hydrogen-bond acceptors (Lipinski definition) is 7. The Bertz CT molecular complexity index is 1710. The highest BCUT2D eigenvalue weighted by Gasteiger charge is 2.30. The van der Waals surface area contributed by atoms with Crippen LogP contribution in [-0.2, 0) is 14.8 Å². The summed E-state index contributed by atoms with van der Waals surface area (Å²) in [7, 11) is -3.21. The third kappa shape index (κ3) is 5.22. The van der Waals surface area contributed by atoms with Crippen LogP contribution in [0.5, 0.6) is 0 Å². The van der Waals surface area contributed by atoms with E-state index < -0.39 is 10.0 Å². The number of imidazole rings is 1. The molecule has 0 spiro atoms. The Hall–Kier alpha value is -3.74. The normalized spacial score (nSPS) is 18.3. The highest BCUT2D eigenvalue weighted by Crippen LogP contribution is 2.31. The minimum absolute atomic E-state index is 0.000381. The van der Waals surface area contributed by atoms with Crippen LogP contribution in [0.25, 0.3) is 28.2 Å². The summed E-state index contributed by atoms with van der Waals surface area (Å²) in [6.45, 7) is 9.03. The monoisotopic (exact) mass is 577 g/mol. The molecule has 216 valence electrons. The first-order valence-corrected chi connectivity index (χ1v) is 15.6. The molecule has 1 amide bonds. The summed E-state index contributed by atoms with van der Waals surface area (Å²) >= 11 is 0. The van der Waals surface area contributed by atoms with Crippen LogP contribution in [0.1, 0.15) is 35.1 Å². The average molecular weight is 578 g/mol. The summed E-state index contributed by atoms with van der Waals surface area (Å²) in [6, 6.07) is 11.7. The predicted octanol–water partition coefficient (Wildman–Crippen LogP) is 3.34. The van der Waals surface area contributed by atoms with Crippen LogP contribution in [0.2, 0.25) is 0 Å². The minimum Gasteiger partial charge on any atom is -0.379 e. The maximum absolute atomic E-state index is 13.1. The van der Waals surface area contributed by atoms with Gasteiger partial charge in [-0.05, 0) is 57.5 Å². The lowest BCUT2D eigenvalue weighted by atomic mass is 10.1. The van der Waals surface area contributed by atoms with Crippen LogP contribution >= 0.6 is 0 Å². The maximum Gasteiger partial charge on any atom is 0.254 e. The number of pyridine rings is 1. The van der Waals surface area contributed by atoms with E-state index in [4.69, 9.17) is 9.72 Å². The molecule has 1 unspecified atom stereocenters. The van der Waals surface area contributed by atoms with Gasteiger partial charge in [0, 0.05) is 66.6 Å². The highest BCUT2D eigenvalue weighted by atomic mass is 32.2. The molecule has 4 aromatic rings. The molecule has 2 aliphatic rings. The van der Waals surface area contributed by atoms with Crippen molar-refractivity contribution < 1.29 is 17.9 Å². The molecule has 0 saturated carbocycles. The van der Waals surface area contributed by atoms with Crippen LogP contribution in [0, 0.1) is 13.8 Å². The molecule has 1 aromatic carbocycles. The number of aryl methyl sites for hydroxylation is 1. The van der Waals surface area contributed by atoms with Crippen LogP contribution in [0.3, 0.4) is 0 Å². The van der Waals surface area contributed by atoms with E-state index in [-0.39, 0.29) is 17.7 Å². The van der Waals surface area contributed by atoms with E-state index in [1.54, 1.807) is 17.4 Å². The first kappa shape index (κ1) is 27.4. The highest BCUT2D eigenvalue weighted by molar-refractivity contribution is 7.89. The fourth-order valence-corrected chi connectivity index (χ4v) is 6.94. The molecule has 5 heterocycles. The molecule has 41 heavy (non-hydrogen) atoms. The van der Waals surface area contributed by atoms with Crippen molar-refractivity contribution in [3.05, 3.63) is 59.5 Å². The first-order chi connectivity index (χ1) is 19.7. The number of rotatable bonds is 7. The molecule has 0 bridgehead atoms. The fourth-order valence-electron chi connectivity index (χ4n) is 5.78. The topological polar surface area (TPSA) is 125 Å². The maximum atomic E-state index is 13.1. The third-order valence-electron chi connectivity index (χ3n) is 7.99. The number of sulfonamides is 1. The Kier molecular flexibility index (Phi) is 7.30. The Morgan fingerprint density at radius 3 is 2.73 bits per heavy atom. The van der Waals surface area contributed by atoms with E-state index >= 15 is 0 Å². The van der Waals surface area contributed by atoms with Gasteiger partial charge in [-0.15, -0.1) is 0 Å². The second-order valence-corrected chi connectivity index (χ2v) is 12.9. The number of carbonyl (C=O) groups is 1. The quantitative estimate of drug-likeness (QED) is 0.345. The molecule has 2 fully saturated rings. The predicted molar refractivity (Wildman–Crippen MR) is 158 cm³/mol. The number of fused-ring (bicyclic) bond motifs is 1. The van der Waals surface area contributed by atoms with E-state index in [2.05, 4.69) is 25.9 Å². The number of morpholine rings is 1. The van der Waals surface area contributed by atoms with Crippen LogP contribution in [0.15, 0.2) is 42.6 Å². The molecule has 2 N–H and O–H groups in total. The Morgan fingerprint density at radius 2 is 1.95 bits per heavy atom. The van der Waals surface area contributed by atoms with Crippen LogP contribution < -0.4 is 5.32 Å². The van der Waals surface area contributed by atoms with Crippen molar-refractivity contribution in [2.24, 2.45) is 0 Å². The standard InChI is InChI=1S/C29H35N7O4S/c1-4-41(38,39)35-11-9-22(18-35)31-25-8-10-30-28-26(25)32-27(33-28)24-16-19(2)36(20(24)3)23-7-5-6-21(17-23)29(37)34-12-14-40-15-13-34/h5-8,10,16-17,22H,4,9,11-15,18H2,1-3H3,(H2,30,31,32,33). The third-order valence-corrected chi connectivity index (χ3v) is 9.84. The largest absolute Gasteiger partial charge is 0.379 e. The lowest BCUT2D eigenvalue weighted by Gasteiger charge is -2.27. The van der Waals surface area contributed by atoms with Gasteiger partial charge in [0.1, 0.15) is 11.3 Å². The summed E-state index contributed by atoms with van der Waals surface area (Å²) < 4.78 is 33.7. The van der Waals surface area contributed by atoms with Crippen molar-refractivity contribution in [3.8, 4) is 17.1 Å². The average Bonchev–Trinajstić information content (AvgIpc) is 3.71.